The standard InChI is InChI=1S/C25H42Cl2N4O11P2/c1-24(2,3)42-23(34)31(17-21(32)29(4)13-5-10-25(35,43(36,37)38)44(39,40)41)22(33)20(28)16-18-6-8-19(9-7-18)30(14-11-26)15-12-27/h6-9,20,35H,5,10-17,28H2,1-4H3,(H2,36,37,38)(H2,39,40,41)/t20-/m0/s1. The predicted molar refractivity (Wildman–Crippen MR) is 166 cm³/mol. The average molecular weight is 707 g/mol. The van der Waals surface area contributed by atoms with Crippen LogP contribution in [-0.4, -0.2) is 114 Å². The summed E-state index contributed by atoms with van der Waals surface area (Å²) in [5, 5.41) is 6.40. The summed E-state index contributed by atoms with van der Waals surface area (Å²) in [7, 11) is -10.1. The Morgan fingerprint density at radius 2 is 1.45 bits per heavy atom. The van der Waals surface area contributed by atoms with Gasteiger partial charge in [0.05, 0.1) is 6.04 Å². The fourth-order valence-corrected chi connectivity index (χ4v) is 6.57. The highest BCUT2D eigenvalue weighted by Gasteiger charge is 2.58. The number of ether oxygens (including phenoxy) is 1. The van der Waals surface area contributed by atoms with Crippen molar-refractivity contribution >= 4 is 62.0 Å². The first-order chi connectivity index (χ1) is 20.1. The van der Waals surface area contributed by atoms with Gasteiger partial charge in [-0.3, -0.25) is 18.7 Å². The van der Waals surface area contributed by atoms with Crippen molar-refractivity contribution in [3.8, 4) is 0 Å². The minimum atomic E-state index is -5.67. The number of nitrogens with zero attached hydrogens (tertiary/aromatic N) is 3. The number of anilines is 1. The van der Waals surface area contributed by atoms with E-state index in [1.54, 1.807) is 32.9 Å². The van der Waals surface area contributed by atoms with Crippen LogP contribution in [0.3, 0.4) is 0 Å². The molecule has 0 heterocycles. The maximum absolute atomic E-state index is 13.3. The lowest BCUT2D eigenvalue weighted by Crippen LogP contribution is -2.52. The third kappa shape index (κ3) is 11.9. The first kappa shape index (κ1) is 40.3. The van der Waals surface area contributed by atoms with Gasteiger partial charge in [0, 0.05) is 50.6 Å². The molecule has 0 aliphatic heterocycles. The summed E-state index contributed by atoms with van der Waals surface area (Å²) in [5.41, 5.74) is 6.66. The maximum atomic E-state index is 13.3. The zero-order valence-corrected chi connectivity index (χ0v) is 28.3. The molecule has 0 fully saturated rings. The molecule has 0 unspecified atom stereocenters. The van der Waals surface area contributed by atoms with Crippen LogP contribution < -0.4 is 10.6 Å². The zero-order valence-electron chi connectivity index (χ0n) is 25.0. The second kappa shape index (κ2) is 16.7. The molecular formula is C25H42Cl2N4O11P2. The van der Waals surface area contributed by atoms with E-state index < -0.39 is 69.2 Å². The minimum Gasteiger partial charge on any atom is -0.443 e. The van der Waals surface area contributed by atoms with Gasteiger partial charge < -0.3 is 45.0 Å². The number of hydrogen-bond donors (Lipinski definition) is 6. The number of benzene rings is 1. The van der Waals surface area contributed by atoms with Gasteiger partial charge in [-0.1, -0.05) is 12.1 Å². The average Bonchev–Trinajstić information content (AvgIpc) is 2.89. The van der Waals surface area contributed by atoms with E-state index in [-0.39, 0.29) is 13.0 Å². The maximum Gasteiger partial charge on any atom is 0.417 e. The molecule has 0 radical (unpaired) electrons. The fraction of sp³-hybridized carbons (Fsp3) is 0.640. The van der Waals surface area contributed by atoms with Crippen LogP contribution in [0.4, 0.5) is 10.5 Å². The van der Waals surface area contributed by atoms with Crippen molar-refractivity contribution < 1.29 is 52.9 Å². The van der Waals surface area contributed by atoms with Crippen LogP contribution in [-0.2, 0) is 29.9 Å². The Labute approximate surface area is 266 Å². The van der Waals surface area contributed by atoms with Gasteiger partial charge in [-0.05, 0) is 51.3 Å². The lowest BCUT2D eigenvalue weighted by atomic mass is 10.0. The van der Waals surface area contributed by atoms with E-state index in [9.17, 15) is 48.2 Å². The molecular weight excluding hydrogens is 665 g/mol. The number of carbonyl (C=O) groups excluding carboxylic acids is 3. The third-order valence-corrected chi connectivity index (χ3v) is 10.5. The van der Waals surface area contributed by atoms with Gasteiger partial charge >= 0.3 is 21.3 Å². The molecule has 0 aliphatic rings. The molecule has 3 amide bonds. The molecule has 15 nitrogen and oxygen atoms in total. The lowest BCUT2D eigenvalue weighted by Gasteiger charge is -2.30. The van der Waals surface area contributed by atoms with Crippen molar-refractivity contribution in [3.63, 3.8) is 0 Å². The van der Waals surface area contributed by atoms with Gasteiger partial charge in [-0.2, -0.15) is 0 Å². The van der Waals surface area contributed by atoms with Crippen molar-refractivity contribution in [3.05, 3.63) is 29.8 Å². The van der Waals surface area contributed by atoms with Gasteiger partial charge in [0.15, 0.2) is 0 Å². The van der Waals surface area contributed by atoms with E-state index in [0.29, 0.717) is 35.3 Å². The Bertz CT molecular complexity index is 1190. The van der Waals surface area contributed by atoms with E-state index in [1.807, 2.05) is 17.0 Å². The van der Waals surface area contributed by atoms with Crippen molar-refractivity contribution in [2.75, 3.05) is 49.9 Å². The van der Waals surface area contributed by atoms with E-state index in [1.165, 1.54) is 7.05 Å². The Morgan fingerprint density at radius 3 is 1.89 bits per heavy atom. The summed E-state index contributed by atoms with van der Waals surface area (Å²) in [6, 6.07) is 5.89. The molecule has 1 rings (SSSR count). The molecule has 252 valence electrons. The SMILES string of the molecule is CN(CCCC(O)(P(=O)(O)O)P(=O)(O)O)C(=O)CN(C(=O)OC(C)(C)C)C(=O)[C@@H](N)Cc1ccc(N(CCCl)CCCl)cc1. The van der Waals surface area contributed by atoms with E-state index >= 15 is 0 Å². The minimum absolute atomic E-state index is 0.0107. The van der Waals surface area contributed by atoms with Gasteiger partial charge in [-0.25, -0.2) is 9.69 Å². The third-order valence-electron chi connectivity index (χ3n) is 6.32. The number of halogens is 2. The first-order valence-corrected chi connectivity index (χ1v) is 17.7. The molecule has 0 saturated heterocycles. The number of imide groups is 1. The summed E-state index contributed by atoms with van der Waals surface area (Å²) in [5.74, 6) is -0.936. The monoisotopic (exact) mass is 706 g/mol. The topological polar surface area (TPSA) is 231 Å². The zero-order chi connectivity index (χ0) is 34.1. The number of nitrogens with two attached hydrogens (primary N) is 1. The Kier molecular flexibility index (Phi) is 15.3. The molecule has 1 aromatic carbocycles. The van der Waals surface area contributed by atoms with Crippen molar-refractivity contribution in [2.45, 2.75) is 56.8 Å². The summed E-state index contributed by atoms with van der Waals surface area (Å²) in [4.78, 5) is 79.9. The number of alkyl halides is 2. The second-order valence-electron chi connectivity index (χ2n) is 11.0. The summed E-state index contributed by atoms with van der Waals surface area (Å²) in [6.07, 6.45) is -2.62. The Morgan fingerprint density at radius 1 is 0.955 bits per heavy atom. The first-order valence-electron chi connectivity index (χ1n) is 13.4. The molecule has 1 atom stereocenters. The number of likely N-dealkylation sites (N-methyl/N-ethyl adjacent to an activating group) is 1. The molecule has 0 bridgehead atoms. The van der Waals surface area contributed by atoms with Crippen LogP contribution in [0.1, 0.15) is 39.2 Å². The molecule has 0 aromatic heterocycles. The molecule has 0 saturated carbocycles. The molecule has 0 aliphatic carbocycles. The number of hydrogen-bond acceptors (Lipinski definition) is 9. The molecule has 7 N–H and O–H groups in total. The highest BCUT2D eigenvalue weighted by molar-refractivity contribution is 7.72. The van der Waals surface area contributed by atoms with E-state index in [4.69, 9.17) is 33.7 Å². The van der Waals surface area contributed by atoms with Gasteiger partial charge in [0.1, 0.15) is 12.1 Å². The number of amides is 3. The summed E-state index contributed by atoms with van der Waals surface area (Å²) < 4.78 is 28.4. The molecule has 44 heavy (non-hydrogen) atoms. The summed E-state index contributed by atoms with van der Waals surface area (Å²) in [6.45, 7) is 4.67. The van der Waals surface area contributed by atoms with Crippen molar-refractivity contribution in [1.29, 1.82) is 0 Å². The fourth-order valence-electron chi connectivity index (χ4n) is 3.90. The lowest BCUT2D eigenvalue weighted by molar-refractivity contribution is -0.140. The van der Waals surface area contributed by atoms with Gasteiger partial charge in [0.25, 0.3) is 5.08 Å². The van der Waals surface area contributed by atoms with E-state index in [0.717, 1.165) is 10.6 Å². The number of carbonyl (C=O) groups is 3. The largest absolute Gasteiger partial charge is 0.443 e. The van der Waals surface area contributed by atoms with Crippen molar-refractivity contribution in [1.82, 2.24) is 9.80 Å². The Balaban J connectivity index is 3.05. The molecule has 1 aromatic rings. The van der Waals surface area contributed by atoms with Crippen LogP contribution in [0.15, 0.2) is 24.3 Å². The molecule has 0 spiro atoms. The van der Waals surface area contributed by atoms with Crippen LogP contribution in [0.25, 0.3) is 0 Å². The van der Waals surface area contributed by atoms with Crippen LogP contribution in [0.2, 0.25) is 0 Å². The smallest absolute Gasteiger partial charge is 0.417 e. The quantitative estimate of drug-likeness (QED) is 0.107. The highest BCUT2D eigenvalue weighted by Crippen LogP contribution is 2.69. The van der Waals surface area contributed by atoms with Crippen LogP contribution in [0.5, 0.6) is 0 Å². The van der Waals surface area contributed by atoms with Gasteiger partial charge in [-0.15, -0.1) is 23.2 Å². The highest BCUT2D eigenvalue weighted by atomic mass is 35.5. The van der Waals surface area contributed by atoms with E-state index in [2.05, 4.69) is 0 Å². The van der Waals surface area contributed by atoms with Gasteiger partial charge in [0.2, 0.25) is 11.8 Å². The Hall–Kier alpha value is -1.77. The van der Waals surface area contributed by atoms with Crippen LogP contribution in [0, 0.1) is 0 Å². The summed E-state index contributed by atoms with van der Waals surface area (Å²) >= 11 is 11.7. The van der Waals surface area contributed by atoms with Crippen molar-refractivity contribution in [2.24, 2.45) is 5.73 Å². The normalized spacial score (nSPS) is 13.3. The number of rotatable bonds is 16. The number of aliphatic hydroxyl groups is 1. The second-order valence-corrected chi connectivity index (χ2v) is 15.8. The van der Waals surface area contributed by atoms with Crippen LogP contribution >= 0.6 is 38.4 Å². The molecule has 19 heteroatoms. The predicted octanol–water partition coefficient (Wildman–Crippen LogP) is 1.84.